The van der Waals surface area contributed by atoms with Crippen molar-refractivity contribution in [2.75, 3.05) is 17.2 Å². The molecule has 9 nitrogen and oxygen atoms in total. The van der Waals surface area contributed by atoms with E-state index in [9.17, 15) is 14.4 Å². The fraction of sp³-hybridized carbons (Fsp3) is 0.304. The second-order valence-corrected chi connectivity index (χ2v) is 8.75. The van der Waals surface area contributed by atoms with Crippen LogP contribution in [0.3, 0.4) is 0 Å². The molecular weight excluding hydrogens is 442 g/mol. The van der Waals surface area contributed by atoms with Gasteiger partial charge in [0.2, 0.25) is 0 Å². The Labute approximate surface area is 195 Å². The molecule has 0 fully saturated rings. The molecule has 0 bridgehead atoms. The molecule has 0 aliphatic rings. The van der Waals surface area contributed by atoms with Crippen molar-refractivity contribution in [3.63, 3.8) is 0 Å². The van der Waals surface area contributed by atoms with Gasteiger partial charge >= 0.3 is 0 Å². The van der Waals surface area contributed by atoms with Crippen molar-refractivity contribution in [2.24, 2.45) is 11.7 Å². The zero-order valence-electron chi connectivity index (χ0n) is 18.7. The van der Waals surface area contributed by atoms with Gasteiger partial charge in [-0.15, -0.1) is 0 Å². The number of para-hydroxylation sites is 1. The number of furan rings is 1. The minimum absolute atomic E-state index is 0.0101. The van der Waals surface area contributed by atoms with Crippen LogP contribution in [-0.2, 0) is 4.79 Å². The fourth-order valence-corrected chi connectivity index (χ4v) is 4.01. The number of nitrogens with zero attached hydrogens (tertiary/aromatic N) is 2. The van der Waals surface area contributed by atoms with Gasteiger partial charge in [-0.05, 0) is 55.1 Å². The number of rotatable bonds is 9. The van der Waals surface area contributed by atoms with Gasteiger partial charge < -0.3 is 21.2 Å². The topological polar surface area (TPSA) is 145 Å². The molecule has 3 aromatic rings. The van der Waals surface area contributed by atoms with E-state index in [1.165, 1.54) is 4.90 Å². The summed E-state index contributed by atoms with van der Waals surface area (Å²) in [5, 5.41) is 2.91. The van der Waals surface area contributed by atoms with Crippen LogP contribution in [0.1, 0.15) is 58.0 Å². The van der Waals surface area contributed by atoms with Crippen LogP contribution >= 0.6 is 11.5 Å². The van der Waals surface area contributed by atoms with E-state index in [-0.39, 0.29) is 16.3 Å². The molecule has 10 heteroatoms. The first kappa shape index (κ1) is 24.0. The van der Waals surface area contributed by atoms with E-state index in [1.54, 1.807) is 49.4 Å². The lowest BCUT2D eigenvalue weighted by atomic mass is 10.1. The third kappa shape index (κ3) is 5.40. The number of hydrogen-bond acceptors (Lipinski definition) is 7. The van der Waals surface area contributed by atoms with Crippen LogP contribution < -0.4 is 21.7 Å². The van der Waals surface area contributed by atoms with Gasteiger partial charge in [0.25, 0.3) is 17.7 Å². The smallest absolute Gasteiger partial charge is 0.273 e. The average Bonchev–Trinajstić information content (AvgIpc) is 3.37. The van der Waals surface area contributed by atoms with Crippen molar-refractivity contribution in [3.8, 4) is 0 Å². The molecule has 0 radical (unpaired) electrons. The lowest BCUT2D eigenvalue weighted by Gasteiger charge is -2.29. The Morgan fingerprint density at radius 3 is 2.39 bits per heavy atom. The molecule has 174 valence electrons. The van der Waals surface area contributed by atoms with Crippen LogP contribution in [0.25, 0.3) is 0 Å². The third-order valence-electron chi connectivity index (χ3n) is 4.97. The SMILES string of the molecule is Cc1ccc(C(C(=O)NCCC(C)C)N(C(=O)c2snc(C(N)=O)c2N)c2ccccc2)o1. The second-order valence-electron chi connectivity index (χ2n) is 7.97. The quantitative estimate of drug-likeness (QED) is 0.439. The summed E-state index contributed by atoms with van der Waals surface area (Å²) >= 11 is 0.758. The predicted octanol–water partition coefficient (Wildman–Crippen LogP) is 3.28. The van der Waals surface area contributed by atoms with Gasteiger partial charge in [0.15, 0.2) is 11.7 Å². The summed E-state index contributed by atoms with van der Waals surface area (Å²) in [6.07, 6.45) is 0.776. The number of carbonyl (C=O) groups is 3. The number of nitrogens with two attached hydrogens (primary N) is 2. The van der Waals surface area contributed by atoms with Crippen LogP contribution in [0.4, 0.5) is 11.4 Å². The Bertz CT molecular complexity index is 1140. The molecule has 1 aromatic carbocycles. The molecule has 33 heavy (non-hydrogen) atoms. The van der Waals surface area contributed by atoms with E-state index in [4.69, 9.17) is 15.9 Å². The number of nitrogen functional groups attached to an aromatic ring is 1. The summed E-state index contributed by atoms with van der Waals surface area (Å²) in [6, 6.07) is 11.0. The van der Waals surface area contributed by atoms with Gasteiger partial charge in [-0.1, -0.05) is 32.0 Å². The van der Waals surface area contributed by atoms with Crippen LogP contribution in [0, 0.1) is 12.8 Å². The van der Waals surface area contributed by atoms with E-state index < -0.39 is 23.8 Å². The monoisotopic (exact) mass is 469 g/mol. The largest absolute Gasteiger partial charge is 0.464 e. The minimum atomic E-state index is -1.11. The first-order valence-electron chi connectivity index (χ1n) is 10.5. The summed E-state index contributed by atoms with van der Waals surface area (Å²) in [7, 11) is 0. The molecule has 0 saturated carbocycles. The highest BCUT2D eigenvalue weighted by molar-refractivity contribution is 7.09. The standard InChI is InChI=1S/C23H27N5O4S/c1-13(2)11-12-26-22(30)19(16-10-9-14(3)32-16)28(15-7-5-4-6-8-15)23(31)20-17(24)18(21(25)29)27-33-20/h4-10,13,19H,11-12,24H2,1-3H3,(H2,25,29)(H,26,30). The first-order valence-corrected chi connectivity index (χ1v) is 11.3. The van der Waals surface area contributed by atoms with Crippen molar-refractivity contribution in [2.45, 2.75) is 33.2 Å². The highest BCUT2D eigenvalue weighted by Gasteiger charge is 2.37. The highest BCUT2D eigenvalue weighted by Crippen LogP contribution is 2.33. The Balaban J connectivity index is 2.10. The van der Waals surface area contributed by atoms with Crippen molar-refractivity contribution in [1.29, 1.82) is 0 Å². The van der Waals surface area contributed by atoms with E-state index in [0.717, 1.165) is 18.0 Å². The molecular formula is C23H27N5O4S. The Kier molecular flexibility index (Phi) is 7.49. The number of aromatic nitrogens is 1. The van der Waals surface area contributed by atoms with E-state index in [2.05, 4.69) is 23.5 Å². The predicted molar refractivity (Wildman–Crippen MR) is 127 cm³/mol. The molecule has 3 amide bonds. The molecule has 5 N–H and O–H groups in total. The van der Waals surface area contributed by atoms with Crippen LogP contribution in [0.2, 0.25) is 0 Å². The lowest BCUT2D eigenvalue weighted by molar-refractivity contribution is -0.122. The number of primary amides is 1. The third-order valence-corrected chi connectivity index (χ3v) is 5.82. The zero-order valence-corrected chi connectivity index (χ0v) is 19.5. The number of aryl methyl sites for hydroxylation is 1. The minimum Gasteiger partial charge on any atom is -0.464 e. The Morgan fingerprint density at radius 2 is 1.85 bits per heavy atom. The van der Waals surface area contributed by atoms with Gasteiger partial charge in [-0.3, -0.25) is 19.3 Å². The molecule has 1 unspecified atom stereocenters. The van der Waals surface area contributed by atoms with E-state index in [1.807, 2.05) is 0 Å². The highest BCUT2D eigenvalue weighted by atomic mass is 32.1. The summed E-state index contributed by atoms with van der Waals surface area (Å²) < 4.78 is 9.72. The second kappa shape index (κ2) is 10.3. The average molecular weight is 470 g/mol. The van der Waals surface area contributed by atoms with E-state index >= 15 is 0 Å². The van der Waals surface area contributed by atoms with Gasteiger partial charge in [-0.25, -0.2) is 0 Å². The number of benzene rings is 1. The summed E-state index contributed by atoms with van der Waals surface area (Å²) in [5.41, 5.74) is 11.5. The maximum Gasteiger partial charge on any atom is 0.273 e. The van der Waals surface area contributed by atoms with Crippen molar-refractivity contribution < 1.29 is 18.8 Å². The zero-order chi connectivity index (χ0) is 24.1. The Hall–Kier alpha value is -3.66. The number of amides is 3. The summed E-state index contributed by atoms with van der Waals surface area (Å²) in [5.74, 6) is -0.546. The van der Waals surface area contributed by atoms with Crippen LogP contribution in [-0.4, -0.2) is 28.6 Å². The van der Waals surface area contributed by atoms with E-state index in [0.29, 0.717) is 29.7 Å². The molecule has 0 aliphatic heterocycles. The van der Waals surface area contributed by atoms with Crippen molar-refractivity contribution in [1.82, 2.24) is 9.69 Å². The van der Waals surface area contributed by atoms with Gasteiger partial charge in [0.05, 0.1) is 5.69 Å². The number of hydrogen-bond donors (Lipinski definition) is 3. The first-order chi connectivity index (χ1) is 15.7. The normalized spacial score (nSPS) is 11.9. The molecule has 2 heterocycles. The molecule has 1 atom stereocenters. The maximum atomic E-state index is 13.8. The molecule has 0 spiro atoms. The summed E-state index contributed by atoms with van der Waals surface area (Å²) in [4.78, 5) is 40.1. The number of nitrogens with one attached hydrogen (secondary N) is 1. The molecule has 0 aliphatic carbocycles. The Morgan fingerprint density at radius 1 is 1.15 bits per heavy atom. The number of carbonyl (C=O) groups excluding carboxylic acids is 3. The van der Waals surface area contributed by atoms with Crippen molar-refractivity contribution >= 4 is 40.6 Å². The van der Waals surface area contributed by atoms with Crippen molar-refractivity contribution in [3.05, 3.63) is 64.6 Å². The molecule has 3 rings (SSSR count). The van der Waals surface area contributed by atoms with Crippen LogP contribution in [0.15, 0.2) is 46.9 Å². The fourth-order valence-electron chi connectivity index (χ4n) is 3.27. The van der Waals surface area contributed by atoms with Crippen LogP contribution in [0.5, 0.6) is 0 Å². The lowest BCUT2D eigenvalue weighted by Crippen LogP contribution is -2.44. The number of anilines is 2. The summed E-state index contributed by atoms with van der Waals surface area (Å²) in [6.45, 7) is 6.31. The van der Waals surface area contributed by atoms with Gasteiger partial charge in [-0.2, -0.15) is 4.37 Å². The van der Waals surface area contributed by atoms with Gasteiger partial charge in [0.1, 0.15) is 16.4 Å². The van der Waals surface area contributed by atoms with Gasteiger partial charge in [0, 0.05) is 12.2 Å². The molecule has 0 saturated heterocycles. The maximum absolute atomic E-state index is 13.8. The molecule has 2 aromatic heterocycles.